The number of aryl methyl sites for hydroxylation is 1. The van der Waals surface area contributed by atoms with Crippen LogP contribution >= 0.6 is 0 Å². The Bertz CT molecular complexity index is 1120. The van der Waals surface area contributed by atoms with Gasteiger partial charge >= 0.3 is 0 Å². The van der Waals surface area contributed by atoms with Crippen LogP contribution < -0.4 is 4.74 Å². The van der Waals surface area contributed by atoms with Gasteiger partial charge in [0.2, 0.25) is 0 Å². The van der Waals surface area contributed by atoms with E-state index in [0.717, 1.165) is 53.7 Å². The van der Waals surface area contributed by atoms with Gasteiger partial charge in [0.1, 0.15) is 17.4 Å². The molecule has 0 amide bonds. The Hall–Kier alpha value is -3.34. The summed E-state index contributed by atoms with van der Waals surface area (Å²) in [4.78, 5) is 0. The van der Waals surface area contributed by atoms with Gasteiger partial charge in [0.25, 0.3) is 0 Å². The van der Waals surface area contributed by atoms with E-state index in [1.807, 2.05) is 24.3 Å². The van der Waals surface area contributed by atoms with Gasteiger partial charge in [-0.2, -0.15) is 0 Å². The molecule has 0 spiro atoms. The molecule has 1 atom stereocenters. The third kappa shape index (κ3) is 4.71. The number of hydrogen-bond acceptors (Lipinski definition) is 3. The average molecular weight is 422 g/mol. The largest absolute Gasteiger partial charge is 0.504 e. The molecule has 0 aromatic heterocycles. The number of rotatable bonds is 6. The van der Waals surface area contributed by atoms with Crippen molar-refractivity contribution in [3.8, 4) is 17.2 Å². The van der Waals surface area contributed by atoms with Crippen molar-refractivity contribution in [1.29, 1.82) is 0 Å². The molecule has 1 aliphatic carbocycles. The number of fused-ring (bicyclic) bond motifs is 1. The van der Waals surface area contributed by atoms with Crippen molar-refractivity contribution in [2.24, 2.45) is 5.92 Å². The molecule has 4 rings (SSSR count). The summed E-state index contributed by atoms with van der Waals surface area (Å²) in [5, 5.41) is 19.2. The Kier molecular flexibility index (Phi) is 5.94. The Morgan fingerprint density at radius 3 is 2.61 bits per heavy atom. The van der Waals surface area contributed by atoms with Gasteiger partial charge in [-0.3, -0.25) is 0 Å². The molecule has 160 valence electrons. The first-order valence-electron chi connectivity index (χ1n) is 10.3. The fourth-order valence-electron chi connectivity index (χ4n) is 4.12. The summed E-state index contributed by atoms with van der Waals surface area (Å²) < 4.78 is 32.8. The van der Waals surface area contributed by atoms with Crippen LogP contribution in [0.15, 0.2) is 61.2 Å². The summed E-state index contributed by atoms with van der Waals surface area (Å²) >= 11 is 0. The molecule has 0 fully saturated rings. The van der Waals surface area contributed by atoms with Crippen molar-refractivity contribution in [2.75, 3.05) is 6.61 Å². The van der Waals surface area contributed by atoms with Crippen molar-refractivity contribution in [2.45, 2.75) is 25.7 Å². The molecule has 3 aromatic carbocycles. The van der Waals surface area contributed by atoms with Crippen molar-refractivity contribution in [1.82, 2.24) is 0 Å². The number of hydrogen-bond donors (Lipinski definition) is 2. The van der Waals surface area contributed by atoms with Gasteiger partial charge in [0.15, 0.2) is 11.5 Å². The minimum atomic E-state index is -0.458. The highest BCUT2D eigenvalue weighted by molar-refractivity contribution is 5.71. The van der Waals surface area contributed by atoms with Crippen LogP contribution in [-0.4, -0.2) is 16.8 Å². The molecular formula is C26H24F2O3. The fraction of sp³-hybridized carbons (Fsp3) is 0.231. The number of halogens is 2. The van der Waals surface area contributed by atoms with E-state index >= 15 is 0 Å². The minimum absolute atomic E-state index is 0.112. The van der Waals surface area contributed by atoms with Crippen LogP contribution in [0.4, 0.5) is 8.78 Å². The smallest absolute Gasteiger partial charge is 0.157 e. The lowest BCUT2D eigenvalue weighted by molar-refractivity contribution is 0.319. The fourth-order valence-corrected chi connectivity index (χ4v) is 4.12. The Morgan fingerprint density at radius 2 is 1.81 bits per heavy atom. The molecule has 0 aliphatic heterocycles. The molecule has 5 heteroatoms. The summed E-state index contributed by atoms with van der Waals surface area (Å²) in [6.45, 7) is 4.55. The Labute approximate surface area is 180 Å². The van der Waals surface area contributed by atoms with E-state index < -0.39 is 11.6 Å². The normalized spacial score (nSPS) is 15.5. The molecule has 0 heterocycles. The van der Waals surface area contributed by atoms with E-state index in [9.17, 15) is 19.0 Å². The first kappa shape index (κ1) is 20.9. The van der Waals surface area contributed by atoms with Crippen molar-refractivity contribution < 1.29 is 23.7 Å². The molecule has 0 saturated heterocycles. The maximum Gasteiger partial charge on any atom is 0.157 e. The lowest BCUT2D eigenvalue weighted by Crippen LogP contribution is -2.15. The second-order valence-electron chi connectivity index (χ2n) is 7.94. The highest BCUT2D eigenvalue weighted by Crippen LogP contribution is 2.38. The highest BCUT2D eigenvalue weighted by Gasteiger charge is 2.23. The molecule has 0 radical (unpaired) electrons. The first-order valence-corrected chi connectivity index (χ1v) is 10.3. The summed E-state index contributed by atoms with van der Waals surface area (Å²) in [7, 11) is 0. The molecule has 0 bridgehead atoms. The Morgan fingerprint density at radius 1 is 0.968 bits per heavy atom. The minimum Gasteiger partial charge on any atom is -0.504 e. The van der Waals surface area contributed by atoms with E-state index in [1.54, 1.807) is 6.07 Å². The standard InChI is InChI=1S/C26H24F2O3/c1-16-18(12-17-2-9-25(29)26(30)13-17)3-4-19-15-22(6-7-23(16)19)31-11-10-20-14-21(27)5-8-24(20)28/h2,5-9,13-15,18,29-30H,1,3-4,10-12H2. The van der Waals surface area contributed by atoms with Gasteiger partial charge in [0.05, 0.1) is 6.61 Å². The van der Waals surface area contributed by atoms with Gasteiger partial charge in [-0.15, -0.1) is 0 Å². The molecule has 1 aliphatic rings. The zero-order valence-electron chi connectivity index (χ0n) is 17.1. The van der Waals surface area contributed by atoms with Crippen molar-refractivity contribution in [3.63, 3.8) is 0 Å². The monoisotopic (exact) mass is 422 g/mol. The second-order valence-corrected chi connectivity index (χ2v) is 7.94. The summed E-state index contributed by atoms with van der Waals surface area (Å²) in [6.07, 6.45) is 2.82. The molecule has 3 aromatic rings. The third-order valence-electron chi connectivity index (χ3n) is 5.85. The van der Waals surface area contributed by atoms with Crippen molar-refractivity contribution in [3.05, 3.63) is 95.1 Å². The van der Waals surface area contributed by atoms with Crippen LogP contribution in [-0.2, 0) is 19.3 Å². The van der Waals surface area contributed by atoms with Gasteiger partial charge < -0.3 is 14.9 Å². The zero-order valence-corrected chi connectivity index (χ0v) is 17.1. The molecule has 3 nitrogen and oxygen atoms in total. The lowest BCUT2D eigenvalue weighted by Gasteiger charge is -2.28. The van der Waals surface area contributed by atoms with Crippen LogP contribution in [0.2, 0.25) is 0 Å². The van der Waals surface area contributed by atoms with Crippen molar-refractivity contribution >= 4 is 5.57 Å². The second kappa shape index (κ2) is 8.80. The van der Waals surface area contributed by atoms with Crippen LogP contribution in [0.1, 0.15) is 28.7 Å². The molecule has 1 unspecified atom stereocenters. The van der Waals surface area contributed by atoms with E-state index in [4.69, 9.17) is 4.74 Å². The average Bonchev–Trinajstić information content (AvgIpc) is 2.75. The molecule has 31 heavy (non-hydrogen) atoms. The zero-order chi connectivity index (χ0) is 22.0. The predicted molar refractivity (Wildman–Crippen MR) is 116 cm³/mol. The molecule has 0 saturated carbocycles. The lowest BCUT2D eigenvalue weighted by atomic mass is 9.77. The summed E-state index contributed by atoms with van der Waals surface area (Å²) in [6, 6.07) is 14.2. The third-order valence-corrected chi connectivity index (χ3v) is 5.85. The quantitative estimate of drug-likeness (QED) is 0.493. The SMILES string of the molecule is C=C1c2ccc(OCCc3cc(F)ccc3F)cc2CCC1Cc1ccc(O)c(O)c1. The van der Waals surface area contributed by atoms with E-state index in [2.05, 4.69) is 6.58 Å². The van der Waals surface area contributed by atoms with Crippen LogP contribution in [0, 0.1) is 17.6 Å². The number of ether oxygens (including phenoxy) is 1. The number of phenols is 2. The molecule has 2 N–H and O–H groups in total. The van der Waals surface area contributed by atoms with Crippen LogP contribution in [0.25, 0.3) is 5.57 Å². The Balaban J connectivity index is 1.40. The van der Waals surface area contributed by atoms with E-state index in [1.165, 1.54) is 12.1 Å². The van der Waals surface area contributed by atoms with Crippen LogP contribution in [0.3, 0.4) is 0 Å². The van der Waals surface area contributed by atoms with Gasteiger partial charge in [-0.25, -0.2) is 8.78 Å². The first-order chi connectivity index (χ1) is 14.9. The maximum atomic E-state index is 13.7. The molecular weight excluding hydrogens is 398 g/mol. The summed E-state index contributed by atoms with van der Waals surface area (Å²) in [5.41, 5.74) is 4.55. The number of benzene rings is 3. The van der Waals surface area contributed by atoms with Gasteiger partial charge in [-0.05, 0) is 95.5 Å². The highest BCUT2D eigenvalue weighted by atomic mass is 19.1. The predicted octanol–water partition coefficient (Wildman–Crippen LogP) is 5.82. The number of allylic oxidation sites excluding steroid dienone is 1. The van der Waals surface area contributed by atoms with Gasteiger partial charge in [0, 0.05) is 6.42 Å². The van der Waals surface area contributed by atoms with Gasteiger partial charge in [-0.1, -0.05) is 18.7 Å². The topological polar surface area (TPSA) is 49.7 Å². The number of aromatic hydroxyl groups is 2. The number of phenolic OH excluding ortho intramolecular Hbond substituents is 2. The maximum absolute atomic E-state index is 13.7. The van der Waals surface area contributed by atoms with E-state index in [-0.39, 0.29) is 30.4 Å². The van der Waals surface area contributed by atoms with Crippen LogP contribution in [0.5, 0.6) is 17.2 Å². The van der Waals surface area contributed by atoms with E-state index in [0.29, 0.717) is 11.3 Å². The summed E-state index contributed by atoms with van der Waals surface area (Å²) in [5.74, 6) is -0.173.